The molecule has 1 saturated heterocycles. The van der Waals surface area contributed by atoms with E-state index >= 15 is 0 Å². The molecule has 5 heteroatoms. The van der Waals surface area contributed by atoms with E-state index in [9.17, 15) is 9.59 Å². The Labute approximate surface area is 125 Å². The maximum Gasteiger partial charge on any atom is 0.256 e. The van der Waals surface area contributed by atoms with Gasteiger partial charge in [0.15, 0.2) is 5.43 Å². The van der Waals surface area contributed by atoms with Gasteiger partial charge in [-0.1, -0.05) is 13.8 Å². The molecule has 1 unspecified atom stereocenters. The van der Waals surface area contributed by atoms with Gasteiger partial charge in [-0.15, -0.1) is 0 Å². The number of H-pyrrole nitrogens is 1. The molecule has 0 bridgehead atoms. The molecule has 21 heavy (non-hydrogen) atoms. The smallest absolute Gasteiger partial charge is 0.256 e. The number of carbonyl (C=O) groups is 1. The molecular formula is C16H24N2O3. The second-order valence-corrected chi connectivity index (χ2v) is 5.80. The lowest BCUT2D eigenvalue weighted by Crippen LogP contribution is -2.48. The predicted octanol–water partition coefficient (Wildman–Crippen LogP) is 2.15. The fourth-order valence-electron chi connectivity index (χ4n) is 2.91. The third-order valence-corrected chi connectivity index (χ3v) is 4.42. The molecule has 1 atom stereocenters. The lowest BCUT2D eigenvalue weighted by Gasteiger charge is -2.40. The van der Waals surface area contributed by atoms with Crippen molar-refractivity contribution in [3.8, 4) is 0 Å². The third-order valence-electron chi connectivity index (χ3n) is 4.42. The highest BCUT2D eigenvalue weighted by molar-refractivity contribution is 5.94. The first-order chi connectivity index (χ1) is 9.99. The number of hydrogen-bond donors (Lipinski definition) is 2. The van der Waals surface area contributed by atoms with E-state index in [1.807, 2.05) is 0 Å². The number of hydrogen-bond acceptors (Lipinski definition) is 3. The number of aromatic nitrogens is 1. The molecule has 116 valence electrons. The third kappa shape index (κ3) is 3.53. The lowest BCUT2D eigenvalue weighted by atomic mass is 9.86. The molecule has 0 aliphatic carbocycles. The van der Waals surface area contributed by atoms with E-state index in [0.717, 1.165) is 31.4 Å². The molecule has 0 aromatic carbocycles. The van der Waals surface area contributed by atoms with Gasteiger partial charge in [0.1, 0.15) is 5.56 Å². The van der Waals surface area contributed by atoms with E-state index in [1.54, 1.807) is 6.92 Å². The monoisotopic (exact) mass is 292 g/mol. The van der Waals surface area contributed by atoms with Crippen LogP contribution in [0.4, 0.5) is 0 Å². The van der Waals surface area contributed by atoms with Crippen molar-refractivity contribution in [2.24, 2.45) is 0 Å². The highest BCUT2D eigenvalue weighted by Gasteiger charge is 2.35. The zero-order valence-corrected chi connectivity index (χ0v) is 13.0. The van der Waals surface area contributed by atoms with Gasteiger partial charge in [-0.05, 0) is 32.6 Å². The molecule has 2 rings (SSSR count). The SMILES string of the molecule is CCC1(CC)CC(NC(=O)c2c[nH]c(C)cc2=O)CCO1. The first-order valence-corrected chi connectivity index (χ1v) is 7.64. The molecule has 2 heterocycles. The van der Waals surface area contributed by atoms with Crippen LogP contribution in [0.3, 0.4) is 0 Å². The van der Waals surface area contributed by atoms with Crippen LogP contribution in [0.15, 0.2) is 17.1 Å². The molecule has 1 amide bonds. The number of amides is 1. The Kier molecular flexibility index (Phi) is 4.83. The van der Waals surface area contributed by atoms with E-state index in [4.69, 9.17) is 4.74 Å². The largest absolute Gasteiger partial charge is 0.375 e. The second kappa shape index (κ2) is 6.43. The van der Waals surface area contributed by atoms with Gasteiger partial charge in [0.25, 0.3) is 5.91 Å². The van der Waals surface area contributed by atoms with Gasteiger partial charge in [-0.25, -0.2) is 0 Å². The van der Waals surface area contributed by atoms with E-state index in [0.29, 0.717) is 6.61 Å². The topological polar surface area (TPSA) is 71.2 Å². The van der Waals surface area contributed by atoms with Gasteiger partial charge in [0.05, 0.1) is 5.60 Å². The van der Waals surface area contributed by atoms with Gasteiger partial charge in [0, 0.05) is 30.6 Å². The average Bonchev–Trinajstić information content (AvgIpc) is 2.47. The van der Waals surface area contributed by atoms with Crippen molar-refractivity contribution in [2.75, 3.05) is 6.61 Å². The van der Waals surface area contributed by atoms with Crippen LogP contribution in [-0.4, -0.2) is 29.1 Å². The number of aryl methyl sites for hydroxylation is 1. The summed E-state index contributed by atoms with van der Waals surface area (Å²) in [5.74, 6) is -0.302. The van der Waals surface area contributed by atoms with Crippen LogP contribution in [0.1, 0.15) is 55.6 Å². The summed E-state index contributed by atoms with van der Waals surface area (Å²) in [5, 5.41) is 2.98. The van der Waals surface area contributed by atoms with E-state index in [2.05, 4.69) is 24.1 Å². The van der Waals surface area contributed by atoms with E-state index in [1.165, 1.54) is 12.3 Å². The van der Waals surface area contributed by atoms with Crippen LogP contribution in [0.25, 0.3) is 0 Å². The Balaban J connectivity index is 2.07. The minimum atomic E-state index is -0.302. The number of aromatic amines is 1. The molecule has 1 aromatic heterocycles. The maximum absolute atomic E-state index is 12.3. The number of rotatable bonds is 4. The fraction of sp³-hybridized carbons (Fsp3) is 0.625. The van der Waals surface area contributed by atoms with Gasteiger partial charge < -0.3 is 15.0 Å². The Morgan fingerprint density at radius 2 is 2.19 bits per heavy atom. The first-order valence-electron chi connectivity index (χ1n) is 7.64. The Morgan fingerprint density at radius 1 is 1.48 bits per heavy atom. The molecule has 0 saturated carbocycles. The summed E-state index contributed by atoms with van der Waals surface area (Å²) < 4.78 is 5.90. The minimum Gasteiger partial charge on any atom is -0.375 e. The summed E-state index contributed by atoms with van der Waals surface area (Å²) in [7, 11) is 0. The lowest BCUT2D eigenvalue weighted by molar-refractivity contribution is -0.0917. The van der Waals surface area contributed by atoms with Crippen molar-refractivity contribution in [3.63, 3.8) is 0 Å². The maximum atomic E-state index is 12.3. The molecule has 1 aliphatic heterocycles. The number of nitrogens with one attached hydrogen (secondary N) is 2. The van der Waals surface area contributed by atoms with Crippen LogP contribution in [0.2, 0.25) is 0 Å². The van der Waals surface area contributed by atoms with Crippen molar-refractivity contribution in [1.82, 2.24) is 10.3 Å². The van der Waals surface area contributed by atoms with Gasteiger partial charge in [-0.3, -0.25) is 9.59 Å². The molecule has 0 spiro atoms. The fourth-order valence-corrected chi connectivity index (χ4v) is 2.91. The Hall–Kier alpha value is -1.62. The van der Waals surface area contributed by atoms with Crippen LogP contribution >= 0.6 is 0 Å². The van der Waals surface area contributed by atoms with Gasteiger partial charge >= 0.3 is 0 Å². The highest BCUT2D eigenvalue weighted by atomic mass is 16.5. The normalized spacial score (nSPS) is 21.0. The zero-order valence-electron chi connectivity index (χ0n) is 13.0. The molecule has 2 N–H and O–H groups in total. The molecule has 1 aliphatic rings. The van der Waals surface area contributed by atoms with Gasteiger partial charge in [-0.2, -0.15) is 0 Å². The Morgan fingerprint density at radius 3 is 2.81 bits per heavy atom. The van der Waals surface area contributed by atoms with Crippen LogP contribution in [-0.2, 0) is 4.74 Å². The van der Waals surface area contributed by atoms with Crippen LogP contribution < -0.4 is 10.7 Å². The summed E-state index contributed by atoms with van der Waals surface area (Å²) >= 11 is 0. The molecule has 0 radical (unpaired) electrons. The molecular weight excluding hydrogens is 268 g/mol. The van der Waals surface area contributed by atoms with Crippen LogP contribution in [0.5, 0.6) is 0 Å². The average molecular weight is 292 g/mol. The number of ether oxygens (including phenoxy) is 1. The van der Waals surface area contributed by atoms with Crippen molar-refractivity contribution in [2.45, 2.75) is 58.1 Å². The summed E-state index contributed by atoms with van der Waals surface area (Å²) in [6.07, 6.45) is 4.94. The van der Waals surface area contributed by atoms with Crippen molar-refractivity contribution < 1.29 is 9.53 Å². The number of carbonyl (C=O) groups excluding carboxylic acids is 1. The zero-order chi connectivity index (χ0) is 15.5. The minimum absolute atomic E-state index is 0.0619. The molecule has 1 aromatic rings. The molecule has 1 fully saturated rings. The van der Waals surface area contributed by atoms with Crippen molar-refractivity contribution in [1.29, 1.82) is 0 Å². The van der Waals surface area contributed by atoms with Gasteiger partial charge in [0.2, 0.25) is 0 Å². The first kappa shape index (κ1) is 15.8. The van der Waals surface area contributed by atoms with Crippen molar-refractivity contribution in [3.05, 3.63) is 33.7 Å². The number of pyridine rings is 1. The van der Waals surface area contributed by atoms with E-state index in [-0.39, 0.29) is 28.5 Å². The summed E-state index contributed by atoms with van der Waals surface area (Å²) in [6, 6.07) is 1.51. The quantitative estimate of drug-likeness (QED) is 0.893. The van der Waals surface area contributed by atoms with Crippen LogP contribution in [0, 0.1) is 6.92 Å². The Bertz CT molecular complexity index is 561. The van der Waals surface area contributed by atoms with E-state index < -0.39 is 0 Å². The second-order valence-electron chi connectivity index (χ2n) is 5.80. The van der Waals surface area contributed by atoms with Crippen molar-refractivity contribution >= 4 is 5.91 Å². The summed E-state index contributed by atoms with van der Waals surface area (Å²) in [6.45, 7) is 6.66. The summed E-state index contributed by atoms with van der Waals surface area (Å²) in [5.41, 5.74) is 0.535. The predicted molar refractivity (Wildman–Crippen MR) is 81.6 cm³/mol. The summed E-state index contributed by atoms with van der Waals surface area (Å²) in [4.78, 5) is 27.0. The standard InChI is InChI=1S/C16H24N2O3/c1-4-16(5-2)9-12(6-7-21-16)18-15(20)13-10-17-11(3)8-14(13)19/h8,10,12H,4-7,9H2,1-3H3,(H,17,19)(H,18,20). The molecule has 5 nitrogen and oxygen atoms in total. The highest BCUT2D eigenvalue weighted by Crippen LogP contribution is 2.31.